The number of allylic oxidation sites excluding steroid dienone is 1. The highest BCUT2D eigenvalue weighted by atomic mass is 16.8. The molecular weight excluding hydrogens is 556 g/mol. The molecule has 1 saturated heterocycles. The summed E-state index contributed by atoms with van der Waals surface area (Å²) in [6.07, 6.45) is 9.19. The Morgan fingerprint density at radius 2 is 1.32 bits per heavy atom. The van der Waals surface area contributed by atoms with Gasteiger partial charge in [0.2, 0.25) is 0 Å². The quantitative estimate of drug-likeness (QED) is 0.159. The van der Waals surface area contributed by atoms with Gasteiger partial charge in [-0.2, -0.15) is 0 Å². The molecule has 2 aromatic rings. The molecule has 2 fully saturated rings. The van der Waals surface area contributed by atoms with Gasteiger partial charge in [0.25, 0.3) is 0 Å². The highest BCUT2D eigenvalue weighted by Gasteiger charge is 2.47. The van der Waals surface area contributed by atoms with Gasteiger partial charge in [-0.05, 0) is 72.6 Å². The van der Waals surface area contributed by atoms with E-state index in [9.17, 15) is 9.59 Å². The Bertz CT molecular complexity index is 1160. The first-order chi connectivity index (χ1) is 21.2. The van der Waals surface area contributed by atoms with Crippen LogP contribution in [0, 0.1) is 23.7 Å². The zero-order chi connectivity index (χ0) is 31.5. The van der Waals surface area contributed by atoms with E-state index in [0.717, 1.165) is 22.8 Å². The summed E-state index contributed by atoms with van der Waals surface area (Å²) in [5.41, 5.74) is 2.75. The average molecular weight is 607 g/mol. The van der Waals surface area contributed by atoms with Gasteiger partial charge >= 0.3 is 11.9 Å². The molecule has 0 spiro atoms. The number of carbonyl (C=O) groups excluding carboxylic acids is 2. The molecule has 4 rings (SSSR count). The smallest absolute Gasteiger partial charge is 0.338 e. The van der Waals surface area contributed by atoms with Crippen LogP contribution in [0.3, 0.4) is 0 Å². The van der Waals surface area contributed by atoms with Crippen LogP contribution in [0.2, 0.25) is 0 Å². The molecule has 0 radical (unpaired) electrons. The van der Waals surface area contributed by atoms with Crippen LogP contribution in [0.5, 0.6) is 5.75 Å². The van der Waals surface area contributed by atoms with E-state index in [2.05, 4.69) is 19.1 Å². The maximum Gasteiger partial charge on any atom is 0.338 e. The molecule has 0 amide bonds. The van der Waals surface area contributed by atoms with Crippen molar-refractivity contribution in [2.75, 3.05) is 19.8 Å². The Hall–Kier alpha value is -3.16. The fraction of sp³-hybridized carbons (Fsp3) is 0.568. The predicted molar refractivity (Wildman–Crippen MR) is 171 cm³/mol. The number of esters is 2. The van der Waals surface area contributed by atoms with E-state index in [-0.39, 0.29) is 25.0 Å². The molecule has 2 aliphatic rings. The van der Waals surface area contributed by atoms with E-state index in [1.54, 1.807) is 0 Å². The van der Waals surface area contributed by atoms with Crippen molar-refractivity contribution in [1.29, 1.82) is 0 Å². The minimum absolute atomic E-state index is 0.151. The van der Waals surface area contributed by atoms with E-state index in [0.29, 0.717) is 18.1 Å². The molecule has 1 heterocycles. The SMILES string of the molecule is CCCC1CCC(/C=C/COc2ccc(-c3ccc(C4O[C@@H](C(=O)OCC(C)C)[C@H](C(=O)OCC(C)C)O4)cc3)cc2)CC1. The molecule has 0 bridgehead atoms. The molecule has 0 N–H and O–H groups in total. The summed E-state index contributed by atoms with van der Waals surface area (Å²) in [6, 6.07) is 15.7. The zero-order valence-electron chi connectivity index (χ0n) is 27.0. The summed E-state index contributed by atoms with van der Waals surface area (Å²) < 4.78 is 28.5. The second-order valence-electron chi connectivity index (χ2n) is 12.9. The maximum absolute atomic E-state index is 12.8. The number of hydrogen-bond donors (Lipinski definition) is 0. The largest absolute Gasteiger partial charge is 0.490 e. The van der Waals surface area contributed by atoms with Crippen molar-refractivity contribution in [3.8, 4) is 16.9 Å². The van der Waals surface area contributed by atoms with Crippen LogP contribution in [0.25, 0.3) is 11.1 Å². The van der Waals surface area contributed by atoms with Crippen molar-refractivity contribution in [2.24, 2.45) is 23.7 Å². The summed E-state index contributed by atoms with van der Waals surface area (Å²) in [7, 11) is 0. The number of ether oxygens (including phenoxy) is 5. The summed E-state index contributed by atoms with van der Waals surface area (Å²) in [4.78, 5) is 25.6. The second kappa shape index (κ2) is 16.8. The number of hydrogen-bond acceptors (Lipinski definition) is 7. The van der Waals surface area contributed by atoms with Gasteiger partial charge in [-0.15, -0.1) is 0 Å². The Kier molecular flexibility index (Phi) is 12.9. The lowest BCUT2D eigenvalue weighted by Crippen LogP contribution is -2.40. The van der Waals surface area contributed by atoms with E-state index in [4.69, 9.17) is 23.7 Å². The fourth-order valence-electron chi connectivity index (χ4n) is 5.66. The first kappa shape index (κ1) is 33.7. The molecule has 7 nitrogen and oxygen atoms in total. The van der Waals surface area contributed by atoms with Gasteiger partial charge < -0.3 is 23.7 Å². The van der Waals surface area contributed by atoms with E-state index in [1.165, 1.54) is 38.5 Å². The molecule has 44 heavy (non-hydrogen) atoms. The summed E-state index contributed by atoms with van der Waals surface area (Å²) >= 11 is 0. The molecule has 7 heteroatoms. The van der Waals surface area contributed by atoms with Crippen LogP contribution < -0.4 is 4.74 Å². The Labute approximate surface area is 263 Å². The van der Waals surface area contributed by atoms with Crippen molar-refractivity contribution >= 4 is 11.9 Å². The summed E-state index contributed by atoms with van der Waals surface area (Å²) in [6.45, 7) is 11.1. The van der Waals surface area contributed by atoms with Gasteiger partial charge in [0.15, 0.2) is 18.5 Å². The maximum atomic E-state index is 12.8. The molecule has 0 unspecified atom stereocenters. The lowest BCUT2D eigenvalue weighted by molar-refractivity contribution is -0.164. The third kappa shape index (κ3) is 9.93. The normalized spacial score (nSPS) is 22.5. The fourth-order valence-corrected chi connectivity index (χ4v) is 5.66. The first-order valence-electron chi connectivity index (χ1n) is 16.4. The Balaban J connectivity index is 1.31. The van der Waals surface area contributed by atoms with Gasteiger partial charge in [-0.1, -0.05) is 96.0 Å². The van der Waals surface area contributed by atoms with Crippen LogP contribution in [-0.2, 0) is 28.5 Å². The summed E-state index contributed by atoms with van der Waals surface area (Å²) in [5.74, 6) is 1.49. The molecule has 1 aliphatic heterocycles. The Morgan fingerprint density at radius 1 is 0.795 bits per heavy atom. The van der Waals surface area contributed by atoms with Crippen molar-refractivity contribution in [3.05, 3.63) is 66.2 Å². The van der Waals surface area contributed by atoms with Crippen LogP contribution in [0.4, 0.5) is 0 Å². The minimum Gasteiger partial charge on any atom is -0.490 e. The van der Waals surface area contributed by atoms with Gasteiger partial charge in [0.1, 0.15) is 12.4 Å². The van der Waals surface area contributed by atoms with Crippen LogP contribution in [-0.4, -0.2) is 44.0 Å². The van der Waals surface area contributed by atoms with Crippen molar-refractivity contribution in [3.63, 3.8) is 0 Å². The minimum atomic E-state index is -1.19. The van der Waals surface area contributed by atoms with E-state index >= 15 is 0 Å². The number of carbonyl (C=O) groups is 2. The van der Waals surface area contributed by atoms with Gasteiger partial charge in [-0.25, -0.2) is 9.59 Å². The highest BCUT2D eigenvalue weighted by molar-refractivity contribution is 5.86. The standard InChI is InChI=1S/C37H50O7/c1-6-8-27-10-12-28(13-11-27)9-7-22-40-32-20-18-30(19-21-32)29-14-16-31(17-15-29)37-43-33(35(38)41-23-25(2)3)34(44-37)36(39)42-24-26(4)5/h7,9,14-21,25-28,33-34,37H,6,8,10-13,22-24H2,1-5H3/b9-7+/t27?,28?,33-,34-/m1/s1. The lowest BCUT2D eigenvalue weighted by atomic mass is 9.80. The number of rotatable bonds is 14. The van der Waals surface area contributed by atoms with Gasteiger partial charge in [-0.3, -0.25) is 0 Å². The highest BCUT2D eigenvalue weighted by Crippen LogP contribution is 2.35. The molecule has 1 aliphatic carbocycles. The van der Waals surface area contributed by atoms with Crippen molar-refractivity contribution in [2.45, 2.75) is 91.6 Å². The van der Waals surface area contributed by atoms with Gasteiger partial charge in [0.05, 0.1) is 13.2 Å². The van der Waals surface area contributed by atoms with Crippen LogP contribution in [0.1, 0.15) is 85.0 Å². The lowest BCUT2D eigenvalue weighted by Gasteiger charge is -2.26. The zero-order valence-corrected chi connectivity index (χ0v) is 27.0. The monoisotopic (exact) mass is 606 g/mol. The third-order valence-electron chi connectivity index (χ3n) is 8.11. The van der Waals surface area contributed by atoms with Crippen molar-refractivity contribution in [1.82, 2.24) is 0 Å². The van der Waals surface area contributed by atoms with Crippen LogP contribution in [0.15, 0.2) is 60.7 Å². The first-order valence-corrected chi connectivity index (χ1v) is 16.4. The Morgan fingerprint density at radius 3 is 1.82 bits per heavy atom. The third-order valence-corrected chi connectivity index (χ3v) is 8.11. The molecule has 240 valence electrons. The molecule has 1 saturated carbocycles. The van der Waals surface area contributed by atoms with E-state index < -0.39 is 30.4 Å². The molecule has 0 aromatic heterocycles. The second-order valence-corrected chi connectivity index (χ2v) is 12.9. The average Bonchev–Trinajstić information content (AvgIpc) is 3.48. The number of benzene rings is 2. The molecule has 2 aromatic carbocycles. The van der Waals surface area contributed by atoms with Gasteiger partial charge in [0, 0.05) is 5.56 Å². The van der Waals surface area contributed by atoms with Crippen LogP contribution >= 0.6 is 0 Å². The van der Waals surface area contributed by atoms with E-state index in [1.807, 2.05) is 76.2 Å². The molecule has 2 atom stereocenters. The predicted octanol–water partition coefficient (Wildman–Crippen LogP) is 8.08. The van der Waals surface area contributed by atoms with Crippen molar-refractivity contribution < 1.29 is 33.3 Å². The summed E-state index contributed by atoms with van der Waals surface area (Å²) in [5, 5.41) is 0. The molecular formula is C37H50O7. The topological polar surface area (TPSA) is 80.3 Å².